The van der Waals surface area contributed by atoms with Crippen molar-refractivity contribution in [3.05, 3.63) is 11.8 Å². The minimum atomic E-state index is -2.05. The molecule has 0 aromatic rings. The van der Waals surface area contributed by atoms with Crippen molar-refractivity contribution >= 4 is 16.6 Å². The molecule has 5 heteroatoms. The lowest BCUT2D eigenvalue weighted by atomic mass is 9.85. The molecule has 0 aliphatic heterocycles. The van der Waals surface area contributed by atoms with Crippen molar-refractivity contribution in [2.24, 2.45) is 17.8 Å². The molecule has 1 rings (SSSR count). The maximum Gasteiger partial charge on any atom is 0.250 e. The second-order valence-electron chi connectivity index (χ2n) is 13.5. The zero-order chi connectivity index (χ0) is 26.4. The van der Waals surface area contributed by atoms with E-state index in [0.717, 1.165) is 18.6 Å². The van der Waals surface area contributed by atoms with Gasteiger partial charge < -0.3 is 14.0 Å². The molecule has 1 N–H and O–H groups in total. The lowest BCUT2D eigenvalue weighted by Gasteiger charge is -2.43. The molecular formula is C29H56O3Si2. The highest BCUT2D eigenvalue weighted by Crippen LogP contribution is 2.50. The molecule has 3 nitrogen and oxygen atoms in total. The Labute approximate surface area is 214 Å². The number of unbranched alkanes of at least 4 members (excludes halogenated alkanes) is 4. The van der Waals surface area contributed by atoms with Gasteiger partial charge in [0.15, 0.2) is 8.32 Å². The van der Waals surface area contributed by atoms with Crippen LogP contribution in [0.3, 0.4) is 0 Å². The van der Waals surface area contributed by atoms with E-state index in [1.165, 1.54) is 25.7 Å². The van der Waals surface area contributed by atoms with Crippen molar-refractivity contribution in [3.8, 4) is 12.3 Å². The first-order chi connectivity index (χ1) is 15.5. The van der Waals surface area contributed by atoms with Crippen molar-refractivity contribution in [1.82, 2.24) is 0 Å². The average Bonchev–Trinajstić information content (AvgIpc) is 3.01. The minimum Gasteiger partial charge on any atom is -0.546 e. The fraction of sp³-hybridized carbons (Fsp3) is 0.862. The van der Waals surface area contributed by atoms with Crippen LogP contribution in [0, 0.1) is 30.1 Å². The number of hydrogen-bond donors (Lipinski definition) is 1. The van der Waals surface area contributed by atoms with E-state index in [1.54, 1.807) is 0 Å². The van der Waals surface area contributed by atoms with E-state index in [0.29, 0.717) is 6.42 Å². The maximum atomic E-state index is 10.3. The van der Waals surface area contributed by atoms with Crippen LogP contribution < -0.4 is 0 Å². The summed E-state index contributed by atoms with van der Waals surface area (Å²) in [5.74, 6) is 4.48. The predicted molar refractivity (Wildman–Crippen MR) is 153 cm³/mol. The van der Waals surface area contributed by atoms with Gasteiger partial charge in [0, 0.05) is 18.9 Å². The summed E-state index contributed by atoms with van der Waals surface area (Å²) in [7, 11) is -4.05. The Balaban J connectivity index is 3.47. The second kappa shape index (κ2) is 12.6. The van der Waals surface area contributed by atoms with Crippen LogP contribution in [0.15, 0.2) is 11.8 Å². The highest BCUT2D eigenvalue weighted by Gasteiger charge is 2.51. The number of allylic oxidation sites excluding steroid dienone is 1. The van der Waals surface area contributed by atoms with Crippen LogP contribution in [-0.4, -0.2) is 34.5 Å². The smallest absolute Gasteiger partial charge is 0.250 e. The molecule has 0 saturated heterocycles. The van der Waals surface area contributed by atoms with Crippen LogP contribution in [0.1, 0.15) is 93.4 Å². The SMILES string of the molecule is C#CC[C@@H]1[C@@H](CO)C[C@@H](O[Si](C)(C)C(C)(C)C)[C@@H]1C(=CCCCCCC)O[Si](C)(C)C(C)(C)C. The van der Waals surface area contributed by atoms with Crippen molar-refractivity contribution in [3.63, 3.8) is 0 Å². The van der Waals surface area contributed by atoms with E-state index in [-0.39, 0.29) is 40.5 Å². The third kappa shape index (κ3) is 8.25. The Morgan fingerprint density at radius 2 is 1.59 bits per heavy atom. The fourth-order valence-corrected chi connectivity index (χ4v) is 6.88. The standard InChI is InChI=1S/C29H56O3Si2/c1-13-15-16-17-18-20-25(31-33(9,10)28(3,4)5)27-24(19-14-2)23(22-30)21-26(27)32-34(11,12)29(6,7)8/h2,20,23-24,26-27,30H,13,15-19,21-22H2,1,3-12H3/t23-,24-,26-,27+/m1/s1. The van der Waals surface area contributed by atoms with Gasteiger partial charge in [-0.25, -0.2) is 0 Å². The topological polar surface area (TPSA) is 38.7 Å². The van der Waals surface area contributed by atoms with Gasteiger partial charge in [-0.15, -0.1) is 12.3 Å². The molecule has 1 saturated carbocycles. The largest absolute Gasteiger partial charge is 0.546 e. The highest BCUT2D eigenvalue weighted by molar-refractivity contribution is 6.74. The minimum absolute atomic E-state index is 0.0445. The Hall–Kier alpha value is -0.546. The number of rotatable bonds is 12. The Kier molecular flexibility index (Phi) is 11.7. The van der Waals surface area contributed by atoms with Crippen molar-refractivity contribution < 1.29 is 14.0 Å². The molecule has 4 atom stereocenters. The number of hydrogen-bond acceptors (Lipinski definition) is 3. The van der Waals surface area contributed by atoms with E-state index in [1.807, 2.05) is 0 Å². The summed E-state index contributed by atoms with van der Waals surface area (Å²) in [5, 5.41) is 10.5. The molecule has 198 valence electrons. The summed E-state index contributed by atoms with van der Waals surface area (Å²) in [6.45, 7) is 25.5. The first-order valence-corrected chi connectivity index (χ1v) is 19.4. The van der Waals surface area contributed by atoms with Crippen LogP contribution in [0.25, 0.3) is 0 Å². The monoisotopic (exact) mass is 508 g/mol. The van der Waals surface area contributed by atoms with Gasteiger partial charge in [0.2, 0.25) is 8.32 Å². The molecule has 1 fully saturated rings. The van der Waals surface area contributed by atoms with Gasteiger partial charge >= 0.3 is 0 Å². The molecule has 1 aliphatic carbocycles. The third-order valence-electron chi connectivity index (χ3n) is 8.75. The molecule has 0 amide bonds. The van der Waals surface area contributed by atoms with Gasteiger partial charge in [-0.3, -0.25) is 0 Å². The van der Waals surface area contributed by atoms with Crippen LogP contribution in [0.2, 0.25) is 36.3 Å². The van der Waals surface area contributed by atoms with Crippen LogP contribution in [0.4, 0.5) is 0 Å². The average molecular weight is 509 g/mol. The number of aliphatic hydroxyl groups excluding tert-OH is 1. The van der Waals surface area contributed by atoms with Gasteiger partial charge in [-0.1, -0.05) is 67.7 Å². The first kappa shape index (κ1) is 31.5. The maximum absolute atomic E-state index is 10.3. The Bertz CT molecular complexity index is 692. The lowest BCUT2D eigenvalue weighted by Crippen LogP contribution is -2.47. The summed E-state index contributed by atoms with van der Waals surface area (Å²) >= 11 is 0. The normalized spacial score (nSPS) is 24.9. The molecule has 0 aromatic heterocycles. The van der Waals surface area contributed by atoms with E-state index in [2.05, 4.69) is 86.7 Å². The zero-order valence-electron chi connectivity index (χ0n) is 24.4. The quantitative estimate of drug-likeness (QED) is 0.124. The van der Waals surface area contributed by atoms with Gasteiger partial charge in [-0.2, -0.15) is 0 Å². The first-order valence-electron chi connectivity index (χ1n) is 13.6. The second-order valence-corrected chi connectivity index (χ2v) is 23.0. The van der Waals surface area contributed by atoms with E-state index >= 15 is 0 Å². The lowest BCUT2D eigenvalue weighted by molar-refractivity contribution is 0.118. The Morgan fingerprint density at radius 3 is 2.06 bits per heavy atom. The van der Waals surface area contributed by atoms with E-state index in [9.17, 15) is 5.11 Å². The van der Waals surface area contributed by atoms with Gasteiger partial charge in [0.1, 0.15) is 0 Å². The Morgan fingerprint density at radius 1 is 1.00 bits per heavy atom. The van der Waals surface area contributed by atoms with Crippen LogP contribution >= 0.6 is 0 Å². The number of terminal acetylenes is 1. The predicted octanol–water partition coefficient (Wildman–Crippen LogP) is 8.52. The van der Waals surface area contributed by atoms with Crippen molar-refractivity contribution in [1.29, 1.82) is 0 Å². The molecule has 0 bridgehead atoms. The molecule has 34 heavy (non-hydrogen) atoms. The van der Waals surface area contributed by atoms with Crippen LogP contribution in [0.5, 0.6) is 0 Å². The summed E-state index contributed by atoms with van der Waals surface area (Å²) in [4.78, 5) is 0. The third-order valence-corrected chi connectivity index (χ3v) is 17.6. The summed E-state index contributed by atoms with van der Waals surface area (Å²) in [6.07, 6.45) is 15.8. The molecular weight excluding hydrogens is 452 g/mol. The number of aliphatic hydroxyl groups is 1. The summed E-state index contributed by atoms with van der Waals surface area (Å²) in [5.41, 5.74) is 0. The highest BCUT2D eigenvalue weighted by atomic mass is 28.4. The summed E-state index contributed by atoms with van der Waals surface area (Å²) < 4.78 is 14.1. The molecule has 1 aliphatic rings. The molecule has 0 spiro atoms. The molecule has 0 unspecified atom stereocenters. The molecule has 0 heterocycles. The fourth-order valence-electron chi connectivity index (χ4n) is 4.41. The van der Waals surface area contributed by atoms with Crippen molar-refractivity contribution in [2.75, 3.05) is 6.61 Å². The van der Waals surface area contributed by atoms with E-state index in [4.69, 9.17) is 15.3 Å². The van der Waals surface area contributed by atoms with Gasteiger partial charge in [-0.05, 0) is 73.4 Å². The van der Waals surface area contributed by atoms with E-state index < -0.39 is 16.6 Å². The van der Waals surface area contributed by atoms with Gasteiger partial charge in [0.05, 0.1) is 11.9 Å². The van der Waals surface area contributed by atoms with Crippen LogP contribution in [-0.2, 0) is 8.85 Å². The molecule has 0 aromatic carbocycles. The molecule has 0 radical (unpaired) electrons. The van der Waals surface area contributed by atoms with Gasteiger partial charge in [0.25, 0.3) is 0 Å². The van der Waals surface area contributed by atoms with Crippen molar-refractivity contribution in [2.45, 2.75) is 136 Å². The zero-order valence-corrected chi connectivity index (χ0v) is 26.4. The summed E-state index contributed by atoms with van der Waals surface area (Å²) in [6, 6.07) is 0.